The van der Waals surface area contributed by atoms with Crippen LogP contribution < -0.4 is 5.32 Å². The number of carbonyl (C=O) groups excluding carboxylic acids is 2. The SMILES string of the molecule is COC(=O)[C@H]1CCN(C(=O)NCCc2ccccc2Cl)C[C@H]1C. The zero-order valence-corrected chi connectivity index (χ0v) is 14.3. The van der Waals surface area contributed by atoms with Gasteiger partial charge in [-0.25, -0.2) is 4.79 Å². The van der Waals surface area contributed by atoms with E-state index in [0.717, 1.165) is 5.56 Å². The van der Waals surface area contributed by atoms with Crippen molar-refractivity contribution in [2.75, 3.05) is 26.7 Å². The van der Waals surface area contributed by atoms with Crippen molar-refractivity contribution in [3.8, 4) is 0 Å². The van der Waals surface area contributed by atoms with Gasteiger partial charge in [-0.05, 0) is 30.4 Å². The summed E-state index contributed by atoms with van der Waals surface area (Å²) in [5.41, 5.74) is 1.02. The maximum absolute atomic E-state index is 12.2. The van der Waals surface area contributed by atoms with Crippen LogP contribution in [0.4, 0.5) is 4.79 Å². The molecule has 1 aromatic carbocycles. The van der Waals surface area contributed by atoms with Gasteiger partial charge in [0, 0.05) is 24.7 Å². The molecule has 2 amide bonds. The Morgan fingerprint density at radius 3 is 2.78 bits per heavy atom. The smallest absolute Gasteiger partial charge is 0.317 e. The van der Waals surface area contributed by atoms with Gasteiger partial charge in [0.05, 0.1) is 13.0 Å². The molecule has 6 heteroatoms. The second-order valence-corrected chi connectivity index (χ2v) is 6.32. The summed E-state index contributed by atoms with van der Waals surface area (Å²) >= 11 is 6.10. The quantitative estimate of drug-likeness (QED) is 0.859. The molecule has 1 N–H and O–H groups in total. The summed E-state index contributed by atoms with van der Waals surface area (Å²) in [6.45, 7) is 3.65. The molecule has 1 heterocycles. The maximum Gasteiger partial charge on any atom is 0.317 e. The number of methoxy groups -OCH3 is 1. The van der Waals surface area contributed by atoms with E-state index in [1.54, 1.807) is 4.90 Å². The normalized spacial score (nSPS) is 20.9. The average molecular weight is 339 g/mol. The number of amides is 2. The highest BCUT2D eigenvalue weighted by Crippen LogP contribution is 2.24. The third-order valence-corrected chi connectivity index (χ3v) is 4.69. The molecule has 1 aromatic rings. The zero-order chi connectivity index (χ0) is 16.8. The van der Waals surface area contributed by atoms with E-state index < -0.39 is 0 Å². The third kappa shape index (κ3) is 4.61. The van der Waals surface area contributed by atoms with Crippen molar-refractivity contribution in [3.05, 3.63) is 34.9 Å². The van der Waals surface area contributed by atoms with E-state index in [1.807, 2.05) is 31.2 Å². The van der Waals surface area contributed by atoms with Crippen molar-refractivity contribution in [1.29, 1.82) is 0 Å². The fourth-order valence-electron chi connectivity index (χ4n) is 2.95. The number of hydrogen-bond donors (Lipinski definition) is 1. The third-order valence-electron chi connectivity index (χ3n) is 4.32. The number of rotatable bonds is 4. The molecule has 2 rings (SSSR count). The summed E-state index contributed by atoms with van der Waals surface area (Å²) in [4.78, 5) is 25.7. The average Bonchev–Trinajstić information content (AvgIpc) is 2.55. The van der Waals surface area contributed by atoms with Crippen LogP contribution in [0.5, 0.6) is 0 Å². The van der Waals surface area contributed by atoms with Crippen LogP contribution in [0.25, 0.3) is 0 Å². The van der Waals surface area contributed by atoms with Gasteiger partial charge in [-0.15, -0.1) is 0 Å². The van der Waals surface area contributed by atoms with Gasteiger partial charge in [0.25, 0.3) is 0 Å². The maximum atomic E-state index is 12.2. The van der Waals surface area contributed by atoms with Crippen molar-refractivity contribution >= 4 is 23.6 Å². The van der Waals surface area contributed by atoms with Gasteiger partial charge in [-0.1, -0.05) is 36.7 Å². The molecule has 0 spiro atoms. The van der Waals surface area contributed by atoms with E-state index >= 15 is 0 Å². The molecule has 126 valence electrons. The molecule has 0 aromatic heterocycles. The molecule has 0 bridgehead atoms. The number of ether oxygens (including phenoxy) is 1. The number of nitrogens with zero attached hydrogens (tertiary/aromatic N) is 1. The lowest BCUT2D eigenvalue weighted by Crippen LogP contribution is -2.49. The minimum absolute atomic E-state index is 0.0905. The summed E-state index contributed by atoms with van der Waals surface area (Å²) in [6.07, 6.45) is 1.34. The van der Waals surface area contributed by atoms with Crippen LogP contribution >= 0.6 is 11.6 Å². The monoisotopic (exact) mass is 338 g/mol. The summed E-state index contributed by atoms with van der Waals surface area (Å²) in [5, 5.41) is 3.64. The standard InChI is InChI=1S/C17H23ClN2O3/c1-12-11-20(10-8-14(12)16(21)23-2)17(22)19-9-7-13-5-3-4-6-15(13)18/h3-6,12,14H,7-11H2,1-2H3,(H,19,22)/t12-,14+/m1/s1. The number of esters is 1. The highest BCUT2D eigenvalue weighted by Gasteiger charge is 2.33. The molecule has 23 heavy (non-hydrogen) atoms. The van der Waals surface area contributed by atoms with Crippen LogP contribution in [0.3, 0.4) is 0 Å². The second-order valence-electron chi connectivity index (χ2n) is 5.91. The minimum atomic E-state index is -0.184. The van der Waals surface area contributed by atoms with Gasteiger partial charge in [-0.2, -0.15) is 0 Å². The number of nitrogens with one attached hydrogen (secondary N) is 1. The first-order chi connectivity index (χ1) is 11.0. The van der Waals surface area contributed by atoms with Crippen LogP contribution in [-0.4, -0.2) is 43.6 Å². The molecule has 1 aliphatic rings. The Bertz CT molecular complexity index is 565. The molecule has 2 atom stereocenters. The van der Waals surface area contributed by atoms with Gasteiger partial charge < -0.3 is 15.0 Å². The lowest BCUT2D eigenvalue weighted by atomic mass is 9.87. The largest absolute Gasteiger partial charge is 0.469 e. The highest BCUT2D eigenvalue weighted by atomic mass is 35.5. The van der Waals surface area contributed by atoms with Crippen molar-refractivity contribution < 1.29 is 14.3 Å². The molecule has 1 fully saturated rings. The summed E-state index contributed by atoms with van der Waals surface area (Å²) in [6, 6.07) is 7.53. The fourth-order valence-corrected chi connectivity index (χ4v) is 3.18. The fraction of sp³-hybridized carbons (Fsp3) is 0.529. The first kappa shape index (κ1) is 17.6. The number of benzene rings is 1. The van der Waals surface area contributed by atoms with Gasteiger partial charge in [0.15, 0.2) is 0 Å². The Kier molecular flexibility index (Phi) is 6.28. The first-order valence-electron chi connectivity index (χ1n) is 7.87. The second kappa shape index (κ2) is 8.20. The summed E-state index contributed by atoms with van der Waals surface area (Å²) in [5.74, 6) is -0.200. The molecule has 1 aliphatic heterocycles. The molecule has 0 unspecified atom stereocenters. The molecule has 0 radical (unpaired) electrons. The lowest BCUT2D eigenvalue weighted by Gasteiger charge is -2.35. The van der Waals surface area contributed by atoms with Crippen LogP contribution in [0.2, 0.25) is 5.02 Å². The number of piperidine rings is 1. The van der Waals surface area contributed by atoms with Crippen molar-refractivity contribution in [2.24, 2.45) is 11.8 Å². The van der Waals surface area contributed by atoms with Crippen molar-refractivity contribution in [2.45, 2.75) is 19.8 Å². The Morgan fingerprint density at radius 2 is 2.13 bits per heavy atom. The summed E-state index contributed by atoms with van der Waals surface area (Å²) < 4.78 is 4.81. The molecule has 0 saturated carbocycles. The molecular weight excluding hydrogens is 316 g/mol. The van der Waals surface area contributed by atoms with Crippen LogP contribution in [0, 0.1) is 11.8 Å². The number of hydrogen-bond acceptors (Lipinski definition) is 3. The van der Waals surface area contributed by atoms with Gasteiger partial charge >= 0.3 is 12.0 Å². The van der Waals surface area contributed by atoms with E-state index in [2.05, 4.69) is 5.32 Å². The van der Waals surface area contributed by atoms with E-state index in [0.29, 0.717) is 37.5 Å². The highest BCUT2D eigenvalue weighted by molar-refractivity contribution is 6.31. The van der Waals surface area contributed by atoms with Crippen LogP contribution in [-0.2, 0) is 16.0 Å². The van der Waals surface area contributed by atoms with E-state index in [1.165, 1.54) is 7.11 Å². The van der Waals surface area contributed by atoms with E-state index in [9.17, 15) is 9.59 Å². The number of likely N-dealkylation sites (tertiary alicyclic amines) is 1. The topological polar surface area (TPSA) is 58.6 Å². The predicted octanol–water partition coefficient (Wildman–Crippen LogP) is 2.72. The van der Waals surface area contributed by atoms with E-state index in [4.69, 9.17) is 16.3 Å². The van der Waals surface area contributed by atoms with Crippen molar-refractivity contribution in [1.82, 2.24) is 10.2 Å². The van der Waals surface area contributed by atoms with Crippen LogP contribution in [0.1, 0.15) is 18.9 Å². The lowest BCUT2D eigenvalue weighted by molar-refractivity contribution is -0.148. The number of urea groups is 1. The van der Waals surface area contributed by atoms with Gasteiger partial charge in [-0.3, -0.25) is 4.79 Å². The number of halogens is 1. The van der Waals surface area contributed by atoms with E-state index in [-0.39, 0.29) is 23.8 Å². The van der Waals surface area contributed by atoms with Gasteiger partial charge in [0.2, 0.25) is 0 Å². The molecule has 0 aliphatic carbocycles. The van der Waals surface area contributed by atoms with Gasteiger partial charge in [0.1, 0.15) is 0 Å². The van der Waals surface area contributed by atoms with Crippen LogP contribution in [0.15, 0.2) is 24.3 Å². The zero-order valence-electron chi connectivity index (χ0n) is 13.5. The first-order valence-corrected chi connectivity index (χ1v) is 8.24. The Morgan fingerprint density at radius 1 is 1.39 bits per heavy atom. The Labute approximate surface area is 141 Å². The van der Waals surface area contributed by atoms with Crippen molar-refractivity contribution in [3.63, 3.8) is 0 Å². The minimum Gasteiger partial charge on any atom is -0.469 e. The Hall–Kier alpha value is -1.75. The molecular formula is C17H23ClN2O3. The number of carbonyl (C=O) groups is 2. The Balaban J connectivity index is 1.79. The molecule has 1 saturated heterocycles. The predicted molar refractivity (Wildman–Crippen MR) is 89.4 cm³/mol. The molecule has 5 nitrogen and oxygen atoms in total. The summed E-state index contributed by atoms with van der Waals surface area (Å²) in [7, 11) is 1.41.